The summed E-state index contributed by atoms with van der Waals surface area (Å²) in [5, 5.41) is 0.720. The van der Waals surface area contributed by atoms with Gasteiger partial charge in [0.2, 0.25) is 0 Å². The van der Waals surface area contributed by atoms with Crippen LogP contribution in [0.1, 0.15) is 35.8 Å². The molecular formula is C22H22ClN3O2. The molecule has 0 unspecified atom stereocenters. The second kappa shape index (κ2) is 8.48. The third-order valence-corrected chi connectivity index (χ3v) is 5.26. The van der Waals surface area contributed by atoms with Gasteiger partial charge in [-0.25, -0.2) is 9.78 Å². The van der Waals surface area contributed by atoms with Gasteiger partial charge >= 0.3 is 6.09 Å². The first-order chi connectivity index (χ1) is 13.7. The van der Waals surface area contributed by atoms with Crippen LogP contribution >= 0.6 is 11.6 Å². The zero-order valence-electron chi connectivity index (χ0n) is 15.5. The Kier molecular flexibility index (Phi) is 5.63. The summed E-state index contributed by atoms with van der Waals surface area (Å²) in [4.78, 5) is 19.0. The Balaban J connectivity index is 1.45. The number of hydrogen-bond acceptors (Lipinski definition) is 3. The third kappa shape index (κ3) is 4.20. The summed E-state index contributed by atoms with van der Waals surface area (Å²) < 4.78 is 7.64. The van der Waals surface area contributed by atoms with Crippen molar-refractivity contribution < 1.29 is 9.53 Å². The number of amides is 1. The van der Waals surface area contributed by atoms with E-state index in [-0.39, 0.29) is 18.7 Å². The highest BCUT2D eigenvalue weighted by molar-refractivity contribution is 6.30. The lowest BCUT2D eigenvalue weighted by atomic mass is 10.2. The van der Waals surface area contributed by atoms with Gasteiger partial charge in [0.25, 0.3) is 0 Å². The lowest BCUT2D eigenvalue weighted by Crippen LogP contribution is -2.32. The molecule has 0 spiro atoms. The highest BCUT2D eigenvalue weighted by atomic mass is 35.5. The van der Waals surface area contributed by atoms with Crippen LogP contribution in [-0.2, 0) is 17.9 Å². The molecule has 28 heavy (non-hydrogen) atoms. The maximum Gasteiger partial charge on any atom is 0.410 e. The van der Waals surface area contributed by atoms with Crippen LogP contribution in [0.5, 0.6) is 0 Å². The summed E-state index contributed by atoms with van der Waals surface area (Å²) in [6, 6.07) is 17.4. The molecule has 2 heterocycles. The van der Waals surface area contributed by atoms with Crippen LogP contribution < -0.4 is 0 Å². The van der Waals surface area contributed by atoms with Crippen LogP contribution in [0.15, 0.2) is 67.0 Å². The van der Waals surface area contributed by atoms with Gasteiger partial charge in [-0.15, -0.1) is 0 Å². The van der Waals surface area contributed by atoms with E-state index >= 15 is 0 Å². The number of carbonyl (C=O) groups is 1. The first kappa shape index (κ1) is 18.6. The predicted molar refractivity (Wildman–Crippen MR) is 108 cm³/mol. The molecule has 1 aliphatic heterocycles. The number of halogens is 1. The summed E-state index contributed by atoms with van der Waals surface area (Å²) >= 11 is 5.98. The zero-order valence-corrected chi connectivity index (χ0v) is 16.3. The molecule has 144 valence electrons. The fourth-order valence-corrected chi connectivity index (χ4v) is 3.72. The number of likely N-dealkylation sites (tertiary alicyclic amines) is 1. The van der Waals surface area contributed by atoms with E-state index < -0.39 is 0 Å². The quantitative estimate of drug-likeness (QED) is 0.606. The van der Waals surface area contributed by atoms with Gasteiger partial charge in [-0.3, -0.25) is 4.90 Å². The minimum Gasteiger partial charge on any atom is -0.445 e. The number of carbonyl (C=O) groups excluding carboxylic acids is 1. The molecular weight excluding hydrogens is 374 g/mol. The highest BCUT2D eigenvalue weighted by Crippen LogP contribution is 2.32. The lowest BCUT2D eigenvalue weighted by molar-refractivity contribution is 0.0904. The molecule has 0 N–H and O–H groups in total. The summed E-state index contributed by atoms with van der Waals surface area (Å²) in [6.07, 6.45) is 5.29. The highest BCUT2D eigenvalue weighted by Gasteiger charge is 2.33. The Morgan fingerprint density at radius 1 is 1.11 bits per heavy atom. The van der Waals surface area contributed by atoms with Crippen LogP contribution in [-0.4, -0.2) is 27.1 Å². The Labute approximate surface area is 169 Å². The predicted octanol–water partition coefficient (Wildman–Crippen LogP) is 5.06. The van der Waals surface area contributed by atoms with Gasteiger partial charge in [-0.2, -0.15) is 0 Å². The molecule has 1 atom stereocenters. The molecule has 1 aromatic heterocycles. The fourth-order valence-electron chi connectivity index (χ4n) is 3.59. The van der Waals surface area contributed by atoms with Crippen molar-refractivity contribution in [2.75, 3.05) is 6.54 Å². The number of benzene rings is 2. The average molecular weight is 396 g/mol. The van der Waals surface area contributed by atoms with Crippen LogP contribution in [0, 0.1) is 0 Å². The van der Waals surface area contributed by atoms with Crippen LogP contribution in [0.25, 0.3) is 0 Å². The van der Waals surface area contributed by atoms with Crippen molar-refractivity contribution >= 4 is 17.7 Å². The van der Waals surface area contributed by atoms with Gasteiger partial charge in [0.15, 0.2) is 0 Å². The maximum absolute atomic E-state index is 12.7. The molecule has 1 aliphatic rings. The van der Waals surface area contributed by atoms with E-state index in [0.717, 1.165) is 34.8 Å². The zero-order chi connectivity index (χ0) is 19.3. The number of ether oxygens (including phenoxy) is 1. The number of nitrogens with zero attached hydrogens (tertiary/aromatic N) is 3. The van der Waals surface area contributed by atoms with Crippen molar-refractivity contribution in [1.82, 2.24) is 14.5 Å². The smallest absolute Gasteiger partial charge is 0.410 e. The normalized spacial score (nSPS) is 16.3. The number of rotatable bonds is 5. The van der Waals surface area contributed by atoms with Crippen molar-refractivity contribution in [1.29, 1.82) is 0 Å². The molecule has 0 radical (unpaired) electrons. The molecule has 3 aromatic rings. The van der Waals surface area contributed by atoms with E-state index in [1.165, 1.54) is 0 Å². The van der Waals surface area contributed by atoms with Crippen LogP contribution in [0.3, 0.4) is 0 Å². The van der Waals surface area contributed by atoms with Gasteiger partial charge in [0.1, 0.15) is 12.4 Å². The van der Waals surface area contributed by atoms with Gasteiger partial charge in [0, 0.05) is 30.5 Å². The van der Waals surface area contributed by atoms with Gasteiger partial charge < -0.3 is 9.30 Å². The van der Waals surface area contributed by atoms with E-state index in [1.54, 1.807) is 11.1 Å². The minimum atomic E-state index is -0.285. The summed E-state index contributed by atoms with van der Waals surface area (Å²) in [5.41, 5.74) is 2.12. The Morgan fingerprint density at radius 2 is 1.89 bits per heavy atom. The van der Waals surface area contributed by atoms with Crippen molar-refractivity contribution in [2.24, 2.45) is 0 Å². The lowest BCUT2D eigenvalue weighted by Gasteiger charge is -2.24. The number of aromatic nitrogens is 2. The van der Waals surface area contributed by atoms with E-state index in [4.69, 9.17) is 16.3 Å². The third-order valence-electron chi connectivity index (χ3n) is 5.00. The van der Waals surface area contributed by atoms with E-state index in [0.29, 0.717) is 13.1 Å². The largest absolute Gasteiger partial charge is 0.445 e. The fraction of sp³-hybridized carbons (Fsp3) is 0.273. The minimum absolute atomic E-state index is 0.0643. The van der Waals surface area contributed by atoms with Crippen LogP contribution in [0.2, 0.25) is 5.02 Å². The maximum atomic E-state index is 12.7. The van der Waals surface area contributed by atoms with Gasteiger partial charge in [-0.1, -0.05) is 54.1 Å². The average Bonchev–Trinajstić information content (AvgIpc) is 3.38. The van der Waals surface area contributed by atoms with E-state index in [2.05, 4.69) is 9.55 Å². The summed E-state index contributed by atoms with van der Waals surface area (Å²) in [7, 11) is 0. The van der Waals surface area contributed by atoms with Crippen LogP contribution in [0.4, 0.5) is 4.79 Å². The first-order valence-electron chi connectivity index (χ1n) is 9.43. The molecule has 0 aliphatic carbocycles. The van der Waals surface area contributed by atoms with E-state index in [9.17, 15) is 4.79 Å². The second-order valence-corrected chi connectivity index (χ2v) is 7.37. The summed E-state index contributed by atoms with van der Waals surface area (Å²) in [6.45, 7) is 1.66. The Morgan fingerprint density at radius 3 is 2.68 bits per heavy atom. The topological polar surface area (TPSA) is 47.4 Å². The number of imidazole rings is 1. The monoisotopic (exact) mass is 395 g/mol. The molecule has 1 fully saturated rings. The Bertz CT molecular complexity index is 924. The molecule has 4 rings (SSSR count). The molecule has 0 saturated carbocycles. The second-order valence-electron chi connectivity index (χ2n) is 6.93. The SMILES string of the molecule is O=C(OCc1ccccc1)N1CCC[C@@H]1c1nccn1Cc1ccc(Cl)cc1. The van der Waals surface area contributed by atoms with Crippen molar-refractivity contribution in [3.8, 4) is 0 Å². The molecule has 1 saturated heterocycles. The number of hydrogen-bond donors (Lipinski definition) is 0. The van der Waals surface area contributed by atoms with Crippen molar-refractivity contribution in [3.63, 3.8) is 0 Å². The summed E-state index contributed by atoms with van der Waals surface area (Å²) in [5.74, 6) is 0.893. The molecule has 2 aromatic carbocycles. The van der Waals surface area contributed by atoms with Gasteiger partial charge in [-0.05, 0) is 36.1 Å². The van der Waals surface area contributed by atoms with Crippen molar-refractivity contribution in [2.45, 2.75) is 32.0 Å². The molecule has 5 nitrogen and oxygen atoms in total. The van der Waals surface area contributed by atoms with E-state index in [1.807, 2.05) is 60.8 Å². The molecule has 1 amide bonds. The first-order valence-corrected chi connectivity index (χ1v) is 9.81. The molecule has 0 bridgehead atoms. The van der Waals surface area contributed by atoms with Crippen molar-refractivity contribution in [3.05, 3.63) is 89.0 Å². The standard InChI is InChI=1S/C22H22ClN3O2/c23-19-10-8-17(9-11-19)15-25-14-12-24-21(25)20-7-4-13-26(20)22(27)28-16-18-5-2-1-3-6-18/h1-3,5-6,8-12,14,20H,4,7,13,15-16H2/t20-/m1/s1. The Hall–Kier alpha value is -2.79. The van der Waals surface area contributed by atoms with Gasteiger partial charge in [0.05, 0.1) is 6.04 Å². The molecule has 6 heteroatoms.